The highest BCUT2D eigenvalue weighted by Gasteiger charge is 2.10. The van der Waals surface area contributed by atoms with Crippen LogP contribution >= 0.6 is 11.3 Å². The first-order chi connectivity index (χ1) is 7.35. The van der Waals surface area contributed by atoms with Crippen LogP contribution in [0.2, 0.25) is 0 Å². The van der Waals surface area contributed by atoms with E-state index >= 15 is 0 Å². The summed E-state index contributed by atoms with van der Waals surface area (Å²) in [6.45, 7) is 4.21. The van der Waals surface area contributed by atoms with E-state index in [1.165, 1.54) is 0 Å². The van der Waals surface area contributed by atoms with Crippen molar-refractivity contribution < 1.29 is 4.74 Å². The van der Waals surface area contributed by atoms with Crippen molar-refractivity contribution in [1.29, 1.82) is 0 Å². The van der Waals surface area contributed by atoms with E-state index in [2.05, 4.69) is 27.5 Å². The van der Waals surface area contributed by atoms with Crippen LogP contribution in [0.4, 0.5) is 0 Å². The molecule has 0 bridgehead atoms. The second-order valence-electron chi connectivity index (χ2n) is 3.02. The average molecular weight is 227 g/mol. The minimum absolute atomic E-state index is 0.436. The van der Waals surface area contributed by atoms with Gasteiger partial charge < -0.3 is 10.1 Å². The Kier molecular flexibility index (Phi) is 3.24. The SMILES string of the molecule is CCNCc1nn2c(COC)nnc2s1. The summed E-state index contributed by atoms with van der Waals surface area (Å²) in [5.41, 5.74) is 0. The van der Waals surface area contributed by atoms with Gasteiger partial charge in [0.15, 0.2) is 5.82 Å². The van der Waals surface area contributed by atoms with Gasteiger partial charge in [0.1, 0.15) is 11.6 Å². The first-order valence-corrected chi connectivity index (χ1v) is 5.56. The molecular formula is C8H13N5OS. The van der Waals surface area contributed by atoms with Crippen molar-refractivity contribution in [3.05, 3.63) is 10.8 Å². The number of hydrogen-bond acceptors (Lipinski definition) is 6. The van der Waals surface area contributed by atoms with Gasteiger partial charge in [0.25, 0.3) is 0 Å². The summed E-state index contributed by atoms with van der Waals surface area (Å²) in [6, 6.07) is 0. The molecule has 6 nitrogen and oxygen atoms in total. The number of nitrogens with one attached hydrogen (secondary N) is 1. The zero-order valence-corrected chi connectivity index (χ0v) is 9.54. The molecule has 0 amide bonds. The first-order valence-electron chi connectivity index (χ1n) is 4.74. The summed E-state index contributed by atoms with van der Waals surface area (Å²) < 4.78 is 6.75. The van der Waals surface area contributed by atoms with Gasteiger partial charge in [-0.3, -0.25) is 0 Å². The first kappa shape index (κ1) is 10.5. The molecule has 0 spiro atoms. The van der Waals surface area contributed by atoms with Gasteiger partial charge in [-0.05, 0) is 6.54 Å². The summed E-state index contributed by atoms with van der Waals surface area (Å²) in [7, 11) is 1.63. The van der Waals surface area contributed by atoms with Crippen LogP contribution in [0.3, 0.4) is 0 Å². The summed E-state index contributed by atoms with van der Waals surface area (Å²) in [4.78, 5) is 0.815. The molecule has 15 heavy (non-hydrogen) atoms. The molecular weight excluding hydrogens is 214 g/mol. The third-order valence-corrected chi connectivity index (χ3v) is 2.80. The highest BCUT2D eigenvalue weighted by atomic mass is 32.1. The molecule has 0 aliphatic heterocycles. The van der Waals surface area contributed by atoms with Gasteiger partial charge in [0, 0.05) is 13.7 Å². The molecule has 0 atom stereocenters. The van der Waals surface area contributed by atoms with Crippen LogP contribution in [0, 0.1) is 0 Å². The van der Waals surface area contributed by atoms with Crippen molar-refractivity contribution in [3.8, 4) is 0 Å². The lowest BCUT2D eigenvalue weighted by molar-refractivity contribution is 0.176. The van der Waals surface area contributed by atoms with E-state index in [1.54, 1.807) is 23.0 Å². The summed E-state index contributed by atoms with van der Waals surface area (Å²) in [5.74, 6) is 0.742. The predicted molar refractivity (Wildman–Crippen MR) is 56.8 cm³/mol. The van der Waals surface area contributed by atoms with Gasteiger partial charge in [0.2, 0.25) is 4.96 Å². The molecule has 2 aromatic heterocycles. The molecule has 82 valence electrons. The fourth-order valence-corrected chi connectivity index (χ4v) is 2.04. The summed E-state index contributed by atoms with van der Waals surface area (Å²) in [5, 5.41) is 16.6. The third kappa shape index (κ3) is 2.14. The molecule has 0 saturated heterocycles. The summed E-state index contributed by atoms with van der Waals surface area (Å²) >= 11 is 1.54. The maximum atomic E-state index is 5.01. The predicted octanol–water partition coefficient (Wildman–Crippen LogP) is 0.442. The van der Waals surface area contributed by atoms with Crippen molar-refractivity contribution in [2.24, 2.45) is 0 Å². The molecule has 0 unspecified atom stereocenters. The van der Waals surface area contributed by atoms with E-state index in [-0.39, 0.29) is 0 Å². The highest BCUT2D eigenvalue weighted by Crippen LogP contribution is 2.13. The number of rotatable bonds is 5. The Hall–Kier alpha value is -1.05. The number of fused-ring (bicyclic) bond motifs is 1. The molecule has 0 aliphatic rings. The Morgan fingerprint density at radius 2 is 2.33 bits per heavy atom. The molecule has 0 aliphatic carbocycles. The van der Waals surface area contributed by atoms with E-state index in [1.807, 2.05) is 0 Å². The zero-order valence-electron chi connectivity index (χ0n) is 8.73. The molecule has 2 aromatic rings. The Morgan fingerprint density at radius 1 is 1.47 bits per heavy atom. The van der Waals surface area contributed by atoms with Crippen LogP contribution < -0.4 is 5.32 Å². The molecule has 0 radical (unpaired) electrons. The fourth-order valence-electron chi connectivity index (χ4n) is 1.22. The van der Waals surface area contributed by atoms with E-state index in [0.29, 0.717) is 6.61 Å². The minimum atomic E-state index is 0.436. The smallest absolute Gasteiger partial charge is 0.234 e. The number of nitrogens with zero attached hydrogens (tertiary/aromatic N) is 4. The molecule has 0 fully saturated rings. The van der Waals surface area contributed by atoms with Crippen molar-refractivity contribution in [2.75, 3.05) is 13.7 Å². The van der Waals surface area contributed by atoms with Crippen LogP contribution in [0.5, 0.6) is 0 Å². The number of hydrogen-bond donors (Lipinski definition) is 1. The van der Waals surface area contributed by atoms with Gasteiger partial charge in [-0.2, -0.15) is 9.61 Å². The van der Waals surface area contributed by atoms with E-state index < -0.39 is 0 Å². The molecule has 7 heteroatoms. The van der Waals surface area contributed by atoms with Gasteiger partial charge in [-0.25, -0.2) is 0 Å². The van der Waals surface area contributed by atoms with E-state index in [9.17, 15) is 0 Å². The molecule has 1 N–H and O–H groups in total. The average Bonchev–Trinajstić information content (AvgIpc) is 2.77. The van der Waals surface area contributed by atoms with E-state index in [0.717, 1.165) is 28.9 Å². The second kappa shape index (κ2) is 4.65. The largest absolute Gasteiger partial charge is 0.377 e. The van der Waals surface area contributed by atoms with Crippen LogP contribution in [0.1, 0.15) is 17.8 Å². The lowest BCUT2D eigenvalue weighted by atomic mass is 10.6. The Balaban J connectivity index is 2.22. The van der Waals surface area contributed by atoms with Crippen molar-refractivity contribution >= 4 is 16.3 Å². The van der Waals surface area contributed by atoms with Gasteiger partial charge in [-0.15, -0.1) is 10.2 Å². The highest BCUT2D eigenvalue weighted by molar-refractivity contribution is 7.16. The Labute approximate surface area is 91.3 Å². The maximum absolute atomic E-state index is 5.01. The number of methoxy groups -OCH3 is 1. The molecule has 2 heterocycles. The fraction of sp³-hybridized carbons (Fsp3) is 0.625. The van der Waals surface area contributed by atoms with E-state index in [4.69, 9.17) is 4.74 Å². The summed E-state index contributed by atoms with van der Waals surface area (Å²) in [6.07, 6.45) is 0. The lowest BCUT2D eigenvalue weighted by Crippen LogP contribution is -2.11. The van der Waals surface area contributed by atoms with Crippen LogP contribution in [-0.4, -0.2) is 33.5 Å². The van der Waals surface area contributed by atoms with Gasteiger partial charge >= 0.3 is 0 Å². The van der Waals surface area contributed by atoms with Crippen LogP contribution in [-0.2, 0) is 17.9 Å². The normalized spacial score (nSPS) is 11.3. The lowest BCUT2D eigenvalue weighted by Gasteiger charge is -1.95. The van der Waals surface area contributed by atoms with Crippen molar-refractivity contribution in [2.45, 2.75) is 20.1 Å². The van der Waals surface area contributed by atoms with Gasteiger partial charge in [0.05, 0.1) is 0 Å². The van der Waals surface area contributed by atoms with Crippen LogP contribution in [0.15, 0.2) is 0 Å². The monoisotopic (exact) mass is 227 g/mol. The van der Waals surface area contributed by atoms with Gasteiger partial charge in [-0.1, -0.05) is 18.3 Å². The standard InChI is InChI=1S/C8H13N5OS/c1-3-9-4-7-12-13-6(5-14-2)10-11-8(13)15-7/h9H,3-5H2,1-2H3. The molecule has 2 rings (SSSR count). The maximum Gasteiger partial charge on any atom is 0.234 e. The second-order valence-corrected chi connectivity index (χ2v) is 4.06. The third-order valence-electron chi connectivity index (χ3n) is 1.90. The zero-order chi connectivity index (χ0) is 10.7. The number of aromatic nitrogens is 4. The molecule has 0 aromatic carbocycles. The van der Waals surface area contributed by atoms with Crippen molar-refractivity contribution in [3.63, 3.8) is 0 Å². The quantitative estimate of drug-likeness (QED) is 0.803. The van der Waals surface area contributed by atoms with Crippen LogP contribution in [0.25, 0.3) is 4.96 Å². The Morgan fingerprint density at radius 3 is 3.07 bits per heavy atom. The van der Waals surface area contributed by atoms with Crippen molar-refractivity contribution in [1.82, 2.24) is 25.1 Å². The number of ether oxygens (including phenoxy) is 1. The minimum Gasteiger partial charge on any atom is -0.377 e. The Bertz CT molecular complexity index is 437. The topological polar surface area (TPSA) is 64.3 Å². The molecule has 0 saturated carbocycles.